The van der Waals surface area contributed by atoms with E-state index in [0.717, 1.165) is 29.5 Å². The van der Waals surface area contributed by atoms with E-state index >= 15 is 0 Å². The molecule has 2 aromatic carbocycles. The van der Waals surface area contributed by atoms with E-state index in [-0.39, 0.29) is 24.9 Å². The first-order valence-corrected chi connectivity index (χ1v) is 13.3. The van der Waals surface area contributed by atoms with Crippen LogP contribution in [0.3, 0.4) is 0 Å². The molecular weight excluding hydrogens is 478 g/mol. The number of carbonyl (C=O) groups is 3. The highest BCUT2D eigenvalue weighted by molar-refractivity contribution is 5.92. The van der Waals surface area contributed by atoms with Gasteiger partial charge >= 0.3 is 6.09 Å². The van der Waals surface area contributed by atoms with Gasteiger partial charge in [-0.05, 0) is 57.7 Å². The Morgan fingerprint density at radius 3 is 2.24 bits per heavy atom. The monoisotopic (exact) mass is 521 g/mol. The van der Waals surface area contributed by atoms with E-state index in [1.165, 1.54) is 4.90 Å². The lowest BCUT2D eigenvalue weighted by atomic mass is 9.96. The van der Waals surface area contributed by atoms with Crippen LogP contribution in [0.25, 0.3) is 0 Å². The van der Waals surface area contributed by atoms with E-state index in [9.17, 15) is 14.4 Å². The summed E-state index contributed by atoms with van der Waals surface area (Å²) in [6, 6.07) is 15.1. The smallest absolute Gasteiger partial charge is 0.408 e. The topological polar surface area (TPSA) is 87.7 Å². The maximum absolute atomic E-state index is 14.2. The molecule has 0 bridgehead atoms. The number of amides is 3. The average molecular weight is 522 g/mol. The SMILES string of the molecule is C=CCN(C(=O)C(Cc1ccccc1)NC(=O)OC(C)(C)C)C(C(=O)NC(C)CCC)c1ccccc1C. The Balaban J connectivity index is 2.52. The summed E-state index contributed by atoms with van der Waals surface area (Å²) < 4.78 is 5.47. The maximum Gasteiger partial charge on any atom is 0.408 e. The summed E-state index contributed by atoms with van der Waals surface area (Å²) in [4.78, 5) is 42.2. The van der Waals surface area contributed by atoms with Crippen molar-refractivity contribution >= 4 is 17.9 Å². The van der Waals surface area contributed by atoms with Gasteiger partial charge in [0.25, 0.3) is 0 Å². The van der Waals surface area contributed by atoms with Gasteiger partial charge in [-0.3, -0.25) is 9.59 Å². The summed E-state index contributed by atoms with van der Waals surface area (Å²) >= 11 is 0. The van der Waals surface area contributed by atoms with Crippen molar-refractivity contribution in [1.82, 2.24) is 15.5 Å². The molecule has 3 atom stereocenters. The molecule has 0 aliphatic carbocycles. The number of rotatable bonds is 12. The fourth-order valence-corrected chi connectivity index (χ4v) is 4.33. The molecular formula is C31H43N3O4. The van der Waals surface area contributed by atoms with Gasteiger partial charge in [0.1, 0.15) is 17.7 Å². The number of hydrogen-bond acceptors (Lipinski definition) is 4. The van der Waals surface area contributed by atoms with Crippen molar-refractivity contribution in [3.8, 4) is 0 Å². The Bertz CT molecular complexity index is 1080. The number of nitrogens with one attached hydrogen (secondary N) is 2. The first-order valence-electron chi connectivity index (χ1n) is 13.3. The van der Waals surface area contributed by atoms with E-state index < -0.39 is 29.7 Å². The van der Waals surface area contributed by atoms with E-state index in [2.05, 4.69) is 24.1 Å². The number of nitrogens with zero attached hydrogens (tertiary/aromatic N) is 1. The van der Waals surface area contributed by atoms with E-state index in [0.29, 0.717) is 0 Å². The van der Waals surface area contributed by atoms with Crippen LogP contribution in [0.5, 0.6) is 0 Å². The average Bonchev–Trinajstić information content (AvgIpc) is 2.83. The van der Waals surface area contributed by atoms with E-state index in [4.69, 9.17) is 4.74 Å². The van der Waals surface area contributed by atoms with Crippen LogP contribution >= 0.6 is 0 Å². The molecule has 0 aliphatic rings. The summed E-state index contributed by atoms with van der Waals surface area (Å²) in [6.07, 6.45) is 2.88. The second-order valence-corrected chi connectivity index (χ2v) is 10.6. The van der Waals surface area contributed by atoms with Gasteiger partial charge in [-0.1, -0.05) is 74.0 Å². The quantitative estimate of drug-likeness (QED) is 0.362. The molecule has 7 heteroatoms. The molecule has 0 radical (unpaired) electrons. The Labute approximate surface area is 227 Å². The van der Waals surface area contributed by atoms with Crippen LogP contribution in [0, 0.1) is 6.92 Å². The minimum Gasteiger partial charge on any atom is -0.444 e. The summed E-state index contributed by atoms with van der Waals surface area (Å²) in [5.74, 6) is -0.669. The van der Waals surface area contributed by atoms with Crippen molar-refractivity contribution in [1.29, 1.82) is 0 Å². The second-order valence-electron chi connectivity index (χ2n) is 10.6. The lowest BCUT2D eigenvalue weighted by Crippen LogP contribution is -2.54. The van der Waals surface area contributed by atoms with Crippen molar-refractivity contribution in [3.05, 3.63) is 83.9 Å². The molecule has 2 rings (SSSR count). The van der Waals surface area contributed by atoms with E-state index in [1.54, 1.807) is 26.8 Å². The largest absolute Gasteiger partial charge is 0.444 e. The Morgan fingerprint density at radius 1 is 1.03 bits per heavy atom. The van der Waals surface area contributed by atoms with Crippen molar-refractivity contribution in [2.24, 2.45) is 0 Å². The number of ether oxygens (including phenoxy) is 1. The fourth-order valence-electron chi connectivity index (χ4n) is 4.33. The third-order valence-electron chi connectivity index (χ3n) is 6.03. The number of alkyl carbamates (subject to hydrolysis) is 1. The molecule has 38 heavy (non-hydrogen) atoms. The highest BCUT2D eigenvalue weighted by atomic mass is 16.6. The van der Waals surface area contributed by atoms with Gasteiger partial charge in [0.2, 0.25) is 11.8 Å². The van der Waals surface area contributed by atoms with Crippen LogP contribution in [0.15, 0.2) is 67.3 Å². The minimum atomic E-state index is -0.959. The number of carbonyl (C=O) groups excluding carboxylic acids is 3. The van der Waals surface area contributed by atoms with Crippen LogP contribution in [0.2, 0.25) is 0 Å². The standard InChI is InChI=1S/C31H43N3O4/c1-8-15-23(4)32-28(35)27(25-19-14-13-16-22(25)3)34(20-9-2)29(36)26(21-24-17-11-10-12-18-24)33-30(37)38-31(5,6)7/h9-14,16-19,23,26-27H,2,8,15,20-21H2,1,3-7H3,(H,32,35)(H,33,37). The number of hydrogen-bond donors (Lipinski definition) is 2. The molecule has 7 nitrogen and oxygen atoms in total. The molecule has 3 unspecified atom stereocenters. The zero-order chi connectivity index (χ0) is 28.3. The Hall–Kier alpha value is -3.61. The zero-order valence-electron chi connectivity index (χ0n) is 23.6. The van der Waals surface area contributed by atoms with Crippen molar-refractivity contribution < 1.29 is 19.1 Å². The van der Waals surface area contributed by atoms with Gasteiger partial charge in [-0.15, -0.1) is 6.58 Å². The normalized spacial score (nSPS) is 13.5. The lowest BCUT2D eigenvalue weighted by molar-refractivity contribution is -0.142. The minimum absolute atomic E-state index is 0.0558. The van der Waals surface area contributed by atoms with Gasteiger partial charge in [0.15, 0.2) is 0 Å². The van der Waals surface area contributed by atoms with Gasteiger partial charge < -0.3 is 20.3 Å². The van der Waals surface area contributed by atoms with Crippen LogP contribution in [0.4, 0.5) is 4.79 Å². The first-order chi connectivity index (χ1) is 18.0. The van der Waals surface area contributed by atoms with Crippen molar-refractivity contribution in [2.45, 2.75) is 84.5 Å². The van der Waals surface area contributed by atoms with Gasteiger partial charge in [-0.25, -0.2) is 4.79 Å². The van der Waals surface area contributed by atoms with E-state index in [1.807, 2.05) is 68.4 Å². The third kappa shape index (κ3) is 9.36. The first kappa shape index (κ1) is 30.6. The molecule has 0 saturated carbocycles. The van der Waals surface area contributed by atoms with Crippen LogP contribution in [-0.2, 0) is 20.7 Å². The molecule has 0 spiro atoms. The highest BCUT2D eigenvalue weighted by Crippen LogP contribution is 2.26. The third-order valence-corrected chi connectivity index (χ3v) is 6.03. The fraction of sp³-hybridized carbons (Fsp3) is 0.452. The van der Waals surface area contributed by atoms with Gasteiger partial charge in [0.05, 0.1) is 0 Å². The summed E-state index contributed by atoms with van der Waals surface area (Å²) in [5, 5.41) is 5.84. The molecule has 206 valence electrons. The van der Waals surface area contributed by atoms with Crippen molar-refractivity contribution in [3.63, 3.8) is 0 Å². The Kier molecular flexibility index (Phi) is 11.6. The summed E-state index contributed by atoms with van der Waals surface area (Å²) in [6.45, 7) is 15.2. The van der Waals surface area contributed by atoms with Crippen LogP contribution in [0.1, 0.15) is 70.2 Å². The Morgan fingerprint density at radius 2 is 1.66 bits per heavy atom. The number of benzene rings is 2. The highest BCUT2D eigenvalue weighted by Gasteiger charge is 2.36. The second kappa shape index (κ2) is 14.4. The predicted molar refractivity (Wildman–Crippen MR) is 152 cm³/mol. The molecule has 0 saturated heterocycles. The predicted octanol–water partition coefficient (Wildman–Crippen LogP) is 5.49. The maximum atomic E-state index is 14.2. The molecule has 2 N–H and O–H groups in total. The lowest BCUT2D eigenvalue weighted by Gasteiger charge is -2.35. The van der Waals surface area contributed by atoms with Crippen LogP contribution in [-0.4, -0.2) is 47.0 Å². The molecule has 2 aromatic rings. The van der Waals surface area contributed by atoms with Gasteiger partial charge in [0, 0.05) is 19.0 Å². The zero-order valence-corrected chi connectivity index (χ0v) is 23.6. The van der Waals surface area contributed by atoms with Gasteiger partial charge in [-0.2, -0.15) is 0 Å². The molecule has 0 aromatic heterocycles. The molecule has 3 amide bonds. The van der Waals surface area contributed by atoms with Crippen molar-refractivity contribution in [2.75, 3.05) is 6.54 Å². The molecule has 0 fully saturated rings. The van der Waals surface area contributed by atoms with Crippen LogP contribution < -0.4 is 10.6 Å². The molecule has 0 heterocycles. The molecule has 0 aliphatic heterocycles. The summed E-state index contributed by atoms with van der Waals surface area (Å²) in [7, 11) is 0. The summed E-state index contributed by atoms with van der Waals surface area (Å²) in [5.41, 5.74) is 1.75. The number of aryl methyl sites for hydroxylation is 1.